The van der Waals surface area contributed by atoms with E-state index in [0.717, 1.165) is 22.3 Å². The van der Waals surface area contributed by atoms with Crippen LogP contribution in [0.3, 0.4) is 0 Å². The first-order chi connectivity index (χ1) is 20.3. The number of fused-ring (bicyclic) bond motifs is 3. The van der Waals surface area contributed by atoms with Crippen molar-refractivity contribution < 1.29 is 28.7 Å². The molecule has 2 aromatic carbocycles. The minimum Gasteiger partial charge on any atom is -0.449 e. The van der Waals surface area contributed by atoms with Gasteiger partial charge in [-0.15, -0.1) is 0 Å². The molecule has 2 atom stereocenters. The fraction of sp³-hybridized carbons (Fsp3) is 0.515. The van der Waals surface area contributed by atoms with E-state index >= 15 is 0 Å². The highest BCUT2D eigenvalue weighted by atomic mass is 16.6. The molecular formula is C33H46N4O6. The molecule has 234 valence electrons. The van der Waals surface area contributed by atoms with Crippen molar-refractivity contribution in [3.8, 4) is 11.1 Å². The highest BCUT2D eigenvalue weighted by Gasteiger charge is 2.31. The van der Waals surface area contributed by atoms with Gasteiger partial charge in [-0.2, -0.15) is 0 Å². The lowest BCUT2D eigenvalue weighted by molar-refractivity contribution is -0.131. The second-order valence-electron chi connectivity index (χ2n) is 12.5. The molecule has 0 heterocycles. The summed E-state index contributed by atoms with van der Waals surface area (Å²) in [5, 5.41) is 11.0. The number of benzene rings is 2. The van der Waals surface area contributed by atoms with E-state index in [4.69, 9.17) is 9.47 Å². The van der Waals surface area contributed by atoms with Gasteiger partial charge in [-0.1, -0.05) is 62.4 Å². The van der Waals surface area contributed by atoms with Gasteiger partial charge in [0.25, 0.3) is 0 Å². The largest absolute Gasteiger partial charge is 0.449 e. The van der Waals surface area contributed by atoms with Gasteiger partial charge in [0, 0.05) is 18.5 Å². The van der Waals surface area contributed by atoms with Crippen LogP contribution in [-0.2, 0) is 19.1 Å². The average Bonchev–Trinajstić information content (AvgIpc) is 3.24. The molecule has 0 radical (unpaired) electrons. The molecule has 0 aromatic heterocycles. The maximum Gasteiger partial charge on any atom is 0.408 e. The quantitative estimate of drug-likeness (QED) is 0.259. The van der Waals surface area contributed by atoms with Crippen molar-refractivity contribution in [2.75, 3.05) is 13.2 Å². The third-order valence-electron chi connectivity index (χ3n) is 6.97. The smallest absolute Gasteiger partial charge is 0.408 e. The normalized spacial score (nSPS) is 13.9. The zero-order valence-corrected chi connectivity index (χ0v) is 26.3. The van der Waals surface area contributed by atoms with Gasteiger partial charge in [-0.05, 0) is 75.6 Å². The van der Waals surface area contributed by atoms with Crippen LogP contribution in [0.15, 0.2) is 48.5 Å². The number of nitrogens with one attached hydrogen (secondary N) is 4. The van der Waals surface area contributed by atoms with Crippen molar-refractivity contribution in [1.82, 2.24) is 21.3 Å². The highest BCUT2D eigenvalue weighted by Crippen LogP contribution is 2.44. The molecule has 4 amide bonds. The molecule has 0 saturated carbocycles. The van der Waals surface area contributed by atoms with Gasteiger partial charge in [-0.3, -0.25) is 9.59 Å². The average molecular weight is 595 g/mol. The summed E-state index contributed by atoms with van der Waals surface area (Å²) in [7, 11) is 0. The molecule has 2 unspecified atom stereocenters. The Bertz CT molecular complexity index is 1240. The van der Waals surface area contributed by atoms with Crippen LogP contribution in [0.2, 0.25) is 0 Å². The van der Waals surface area contributed by atoms with Crippen LogP contribution in [0, 0.1) is 5.92 Å². The van der Waals surface area contributed by atoms with E-state index in [1.807, 2.05) is 38.1 Å². The highest BCUT2D eigenvalue weighted by molar-refractivity contribution is 5.91. The molecule has 2 aromatic rings. The molecule has 0 saturated heterocycles. The number of hydrogen-bond acceptors (Lipinski definition) is 6. The topological polar surface area (TPSA) is 135 Å². The van der Waals surface area contributed by atoms with E-state index in [0.29, 0.717) is 6.42 Å². The first kappa shape index (κ1) is 33.4. The molecule has 0 fully saturated rings. The molecule has 3 rings (SSSR count). The van der Waals surface area contributed by atoms with E-state index in [1.165, 1.54) is 0 Å². The predicted molar refractivity (Wildman–Crippen MR) is 166 cm³/mol. The number of carbonyl (C=O) groups is 4. The van der Waals surface area contributed by atoms with E-state index in [1.54, 1.807) is 34.6 Å². The lowest BCUT2D eigenvalue weighted by atomic mass is 9.98. The maximum atomic E-state index is 13.2. The standard InChI is InChI=1S/C33H46N4O6/c1-20(2)28(37-32(41)43-33(5,6)7)30(39)36-27(29(38)35-21(3)4)17-12-18-34-31(40)42-19-26-24-15-10-8-13-22(24)23-14-9-11-16-25(23)26/h8-11,13-16,20-21,26-28H,12,17-19H2,1-7H3,(H,34,40)(H,35,38)(H,36,39)(H,37,41). The third-order valence-corrected chi connectivity index (χ3v) is 6.97. The van der Waals surface area contributed by atoms with Crippen LogP contribution >= 0.6 is 0 Å². The molecule has 1 aliphatic carbocycles. The minimum absolute atomic E-state index is 0.0411. The summed E-state index contributed by atoms with van der Waals surface area (Å²) in [6, 6.07) is 14.4. The fourth-order valence-corrected chi connectivity index (χ4v) is 5.03. The summed E-state index contributed by atoms with van der Waals surface area (Å²) in [5.74, 6) is -1.13. The zero-order valence-electron chi connectivity index (χ0n) is 26.3. The summed E-state index contributed by atoms with van der Waals surface area (Å²) in [6.07, 6.45) is -0.579. The molecule has 0 bridgehead atoms. The van der Waals surface area contributed by atoms with Gasteiger partial charge in [-0.25, -0.2) is 9.59 Å². The number of amides is 4. The van der Waals surface area contributed by atoms with Gasteiger partial charge in [0.05, 0.1) is 0 Å². The van der Waals surface area contributed by atoms with Crippen molar-refractivity contribution in [3.05, 3.63) is 59.7 Å². The molecule has 4 N–H and O–H groups in total. The monoisotopic (exact) mass is 594 g/mol. The summed E-state index contributed by atoms with van der Waals surface area (Å²) >= 11 is 0. The molecule has 10 heteroatoms. The van der Waals surface area contributed by atoms with Crippen LogP contribution in [0.1, 0.15) is 78.4 Å². The summed E-state index contributed by atoms with van der Waals surface area (Å²) in [4.78, 5) is 51.0. The van der Waals surface area contributed by atoms with E-state index < -0.39 is 35.8 Å². The molecule has 0 spiro atoms. The van der Waals surface area contributed by atoms with Gasteiger partial charge in [0.15, 0.2) is 0 Å². The van der Waals surface area contributed by atoms with Gasteiger partial charge < -0.3 is 30.7 Å². The minimum atomic E-state index is -0.900. The summed E-state index contributed by atoms with van der Waals surface area (Å²) in [6.45, 7) is 12.9. The van der Waals surface area contributed by atoms with Crippen molar-refractivity contribution >= 4 is 24.0 Å². The number of rotatable bonds is 12. The number of carbonyl (C=O) groups excluding carboxylic acids is 4. The Morgan fingerprint density at radius 2 is 1.37 bits per heavy atom. The Balaban J connectivity index is 1.53. The molecule has 1 aliphatic rings. The van der Waals surface area contributed by atoms with Gasteiger partial charge in [0.1, 0.15) is 24.3 Å². The SMILES string of the molecule is CC(C)NC(=O)C(CCCNC(=O)OCC1c2ccccc2-c2ccccc21)NC(=O)C(NC(=O)OC(C)(C)C)C(C)C. The Kier molecular flexibility index (Phi) is 11.6. The van der Waals surface area contributed by atoms with Gasteiger partial charge in [0.2, 0.25) is 11.8 Å². The Morgan fingerprint density at radius 1 is 0.791 bits per heavy atom. The first-order valence-corrected chi connectivity index (χ1v) is 15.0. The van der Waals surface area contributed by atoms with Crippen LogP contribution in [-0.4, -0.2) is 60.9 Å². The van der Waals surface area contributed by atoms with Crippen LogP contribution in [0.4, 0.5) is 9.59 Å². The zero-order chi connectivity index (χ0) is 31.7. The lowest BCUT2D eigenvalue weighted by Gasteiger charge is -2.27. The van der Waals surface area contributed by atoms with Crippen LogP contribution < -0.4 is 21.3 Å². The number of hydrogen-bond donors (Lipinski definition) is 4. The number of alkyl carbamates (subject to hydrolysis) is 2. The second-order valence-corrected chi connectivity index (χ2v) is 12.5. The van der Waals surface area contributed by atoms with E-state index in [-0.39, 0.29) is 43.4 Å². The summed E-state index contributed by atoms with van der Waals surface area (Å²) in [5.41, 5.74) is 3.85. The Morgan fingerprint density at radius 3 is 1.91 bits per heavy atom. The van der Waals surface area contributed by atoms with Crippen molar-refractivity contribution in [1.29, 1.82) is 0 Å². The fourth-order valence-electron chi connectivity index (χ4n) is 5.03. The maximum absolute atomic E-state index is 13.2. The second kappa shape index (κ2) is 14.9. The van der Waals surface area contributed by atoms with Crippen molar-refractivity contribution in [2.45, 2.75) is 91.0 Å². The number of ether oxygens (including phenoxy) is 2. The van der Waals surface area contributed by atoms with Crippen molar-refractivity contribution in [3.63, 3.8) is 0 Å². The third kappa shape index (κ3) is 9.73. The van der Waals surface area contributed by atoms with E-state index in [9.17, 15) is 19.2 Å². The first-order valence-electron chi connectivity index (χ1n) is 15.0. The Labute approximate surface area is 254 Å². The molecule has 43 heavy (non-hydrogen) atoms. The van der Waals surface area contributed by atoms with Crippen LogP contribution in [0.25, 0.3) is 11.1 Å². The predicted octanol–water partition coefficient (Wildman–Crippen LogP) is 4.86. The van der Waals surface area contributed by atoms with Crippen molar-refractivity contribution in [2.24, 2.45) is 5.92 Å². The molecular weight excluding hydrogens is 548 g/mol. The van der Waals surface area contributed by atoms with Crippen LogP contribution in [0.5, 0.6) is 0 Å². The summed E-state index contributed by atoms with van der Waals surface area (Å²) < 4.78 is 10.9. The molecule has 10 nitrogen and oxygen atoms in total. The van der Waals surface area contributed by atoms with E-state index in [2.05, 4.69) is 45.5 Å². The Hall–Kier alpha value is -4.08. The van der Waals surface area contributed by atoms with Gasteiger partial charge >= 0.3 is 12.2 Å². The molecule has 0 aliphatic heterocycles. The lowest BCUT2D eigenvalue weighted by Crippen LogP contribution is -2.56.